The highest BCUT2D eigenvalue weighted by atomic mass is 16.4. The number of benzene rings is 1. The lowest BCUT2D eigenvalue weighted by molar-refractivity contribution is -0.143. The fourth-order valence-electron chi connectivity index (χ4n) is 7.78. The molecule has 0 unspecified atom stereocenters. The topological polar surface area (TPSA) is 554 Å². The number of aliphatic carboxylic acids is 3. The minimum atomic E-state index is -1.92. The highest BCUT2D eigenvalue weighted by Crippen LogP contribution is 2.13. The molecule has 32 heteroatoms. The number of hydrogen-bond donors (Lipinski definition) is 18. The fraction of sp³-hybridized carbons (Fsp3) is 0.608. The molecular formula is C51H83N15O17. The lowest BCUT2D eigenvalue weighted by atomic mass is 9.97. The van der Waals surface area contributed by atoms with Crippen molar-refractivity contribution in [1.82, 2.24) is 47.9 Å². The first-order valence-corrected chi connectivity index (χ1v) is 26.8. The van der Waals surface area contributed by atoms with Crippen LogP contribution in [0.3, 0.4) is 0 Å². The molecule has 0 aliphatic heterocycles. The molecule has 0 radical (unpaired) electrons. The summed E-state index contributed by atoms with van der Waals surface area (Å²) < 4.78 is 0. The number of primary amides is 1. The van der Waals surface area contributed by atoms with Gasteiger partial charge in [0.15, 0.2) is 5.96 Å². The van der Waals surface area contributed by atoms with E-state index in [0.717, 1.165) is 6.92 Å². The van der Waals surface area contributed by atoms with Crippen molar-refractivity contribution in [2.75, 3.05) is 19.6 Å². The predicted molar refractivity (Wildman–Crippen MR) is 296 cm³/mol. The molecule has 23 N–H and O–H groups in total. The third kappa shape index (κ3) is 28.2. The maximum absolute atomic E-state index is 14.0. The van der Waals surface area contributed by atoms with Gasteiger partial charge in [-0.1, -0.05) is 70.9 Å². The van der Waals surface area contributed by atoms with Crippen molar-refractivity contribution in [2.45, 2.75) is 166 Å². The maximum atomic E-state index is 14.0. The van der Waals surface area contributed by atoms with Gasteiger partial charge in [-0.15, -0.1) is 0 Å². The minimum absolute atomic E-state index is 0.0387. The summed E-state index contributed by atoms with van der Waals surface area (Å²) in [6.45, 7) is 6.63. The molecular weight excluding hydrogens is 1090 g/mol. The number of rotatable bonds is 40. The first-order chi connectivity index (χ1) is 38.9. The molecule has 1 rings (SSSR count). The van der Waals surface area contributed by atoms with Crippen LogP contribution in [0.5, 0.6) is 0 Å². The number of carboxylic acid groups (broad SMARTS) is 3. The number of nitrogens with one attached hydrogen (secondary N) is 9. The van der Waals surface area contributed by atoms with Gasteiger partial charge in [0.2, 0.25) is 59.1 Å². The predicted octanol–water partition coefficient (Wildman–Crippen LogP) is -5.88. The van der Waals surface area contributed by atoms with E-state index >= 15 is 0 Å². The number of unbranched alkanes of at least 4 members (excludes halogenated alkanes) is 1. The van der Waals surface area contributed by atoms with Crippen molar-refractivity contribution < 1.29 is 82.8 Å². The zero-order valence-corrected chi connectivity index (χ0v) is 47.1. The van der Waals surface area contributed by atoms with Crippen molar-refractivity contribution in [3.63, 3.8) is 0 Å². The average Bonchev–Trinajstić information content (AvgIpc) is 3.45. The Morgan fingerprint density at radius 3 is 1.57 bits per heavy atom. The molecule has 1 aromatic rings. The summed E-state index contributed by atoms with van der Waals surface area (Å²) in [7, 11) is 0. The molecule has 10 amide bonds. The van der Waals surface area contributed by atoms with E-state index in [-0.39, 0.29) is 44.6 Å². The smallest absolute Gasteiger partial charge is 0.326 e. The zero-order chi connectivity index (χ0) is 63.1. The molecule has 0 heterocycles. The Labute approximate surface area is 479 Å². The van der Waals surface area contributed by atoms with E-state index in [4.69, 9.17) is 28.7 Å². The van der Waals surface area contributed by atoms with Gasteiger partial charge in [0.05, 0.1) is 31.5 Å². The third-order valence-electron chi connectivity index (χ3n) is 12.7. The van der Waals surface area contributed by atoms with Gasteiger partial charge < -0.3 is 96.9 Å². The van der Waals surface area contributed by atoms with E-state index in [2.05, 4.69) is 52.8 Å². The SMILES string of the molecule is CC[C@H](C)[C@H](NC(=O)CNC(=O)[C@@H](NC(=O)[C@H](CC(=O)O)NC(=O)[C@@H](N)CCCCN)[C@@H](C)O)C(=O)N[C@@H](CCC(N)=O)C(=O)N[C@H](C(=O)N[C@@H](CC(=O)O)C(=O)N[C@@H](CCCN=C(N)N)C(=O)N[C@@H](Cc1ccccc1)C(=O)O)C(C)C. The Morgan fingerprint density at radius 2 is 1.05 bits per heavy atom. The van der Waals surface area contributed by atoms with Crippen LogP contribution in [0.25, 0.3) is 0 Å². The van der Waals surface area contributed by atoms with Crippen LogP contribution in [-0.4, -0.2) is 183 Å². The second kappa shape index (κ2) is 37.5. The number of carbonyl (C=O) groups excluding carboxylic acids is 10. The Hall–Kier alpha value is -8.52. The Balaban J connectivity index is 3.35. The second-order valence-electron chi connectivity index (χ2n) is 20.0. The number of carbonyl (C=O) groups is 13. The highest BCUT2D eigenvalue weighted by Gasteiger charge is 2.37. The van der Waals surface area contributed by atoms with Gasteiger partial charge in [-0.2, -0.15) is 0 Å². The summed E-state index contributed by atoms with van der Waals surface area (Å²) in [5, 5.41) is 60.5. The number of guanidine groups is 1. The summed E-state index contributed by atoms with van der Waals surface area (Å²) in [5.74, 6) is -16.8. The van der Waals surface area contributed by atoms with Crippen molar-refractivity contribution in [1.29, 1.82) is 0 Å². The number of hydrogen-bond acceptors (Lipinski definition) is 17. The van der Waals surface area contributed by atoms with Gasteiger partial charge in [-0.05, 0) is 63.0 Å². The van der Waals surface area contributed by atoms with Crippen molar-refractivity contribution in [3.05, 3.63) is 35.9 Å². The van der Waals surface area contributed by atoms with Crippen LogP contribution >= 0.6 is 0 Å². The lowest BCUT2D eigenvalue weighted by Crippen LogP contribution is -2.61. The van der Waals surface area contributed by atoms with E-state index in [1.54, 1.807) is 44.2 Å². The van der Waals surface area contributed by atoms with Crippen LogP contribution in [0.15, 0.2) is 35.3 Å². The molecule has 0 saturated carbocycles. The van der Waals surface area contributed by atoms with Crippen LogP contribution in [0.1, 0.15) is 104 Å². The molecule has 0 saturated heterocycles. The zero-order valence-electron chi connectivity index (χ0n) is 47.1. The number of aliphatic imine (C=N–C) groups is 1. The van der Waals surface area contributed by atoms with Crippen LogP contribution < -0.4 is 76.5 Å². The molecule has 0 aliphatic rings. The fourth-order valence-corrected chi connectivity index (χ4v) is 7.78. The van der Waals surface area contributed by atoms with Crippen LogP contribution in [0.4, 0.5) is 0 Å². The first-order valence-electron chi connectivity index (χ1n) is 26.8. The molecule has 464 valence electrons. The van der Waals surface area contributed by atoms with Gasteiger partial charge in [0.1, 0.15) is 48.3 Å². The number of nitrogens with zero attached hydrogens (tertiary/aromatic N) is 1. The Morgan fingerprint density at radius 1 is 0.554 bits per heavy atom. The van der Waals surface area contributed by atoms with Crippen molar-refractivity contribution in [3.8, 4) is 0 Å². The molecule has 32 nitrogen and oxygen atoms in total. The summed E-state index contributed by atoms with van der Waals surface area (Å²) >= 11 is 0. The minimum Gasteiger partial charge on any atom is -0.481 e. The van der Waals surface area contributed by atoms with E-state index in [1.807, 2.05) is 0 Å². The number of aliphatic hydroxyl groups excluding tert-OH is 1. The normalized spacial score (nSPS) is 15.0. The Bertz CT molecular complexity index is 2430. The van der Waals surface area contributed by atoms with E-state index in [0.29, 0.717) is 24.9 Å². The highest BCUT2D eigenvalue weighted by molar-refractivity contribution is 5.99. The van der Waals surface area contributed by atoms with Gasteiger partial charge >= 0.3 is 17.9 Å². The summed E-state index contributed by atoms with van der Waals surface area (Å²) in [6, 6.07) is -6.04. The van der Waals surface area contributed by atoms with Crippen LogP contribution in [0, 0.1) is 11.8 Å². The largest absolute Gasteiger partial charge is 0.481 e. The van der Waals surface area contributed by atoms with Crippen molar-refractivity contribution in [2.24, 2.45) is 45.5 Å². The summed E-state index contributed by atoms with van der Waals surface area (Å²) in [5.41, 5.74) is 28.1. The van der Waals surface area contributed by atoms with Gasteiger partial charge in [-0.3, -0.25) is 62.5 Å². The molecule has 0 aliphatic carbocycles. The number of aliphatic hydroxyl groups is 1. The first kappa shape index (κ1) is 72.5. The summed E-state index contributed by atoms with van der Waals surface area (Å²) in [6.07, 6.45) is -3.54. The summed E-state index contributed by atoms with van der Waals surface area (Å²) in [4.78, 5) is 174. The van der Waals surface area contributed by atoms with E-state index in [9.17, 15) is 82.8 Å². The quantitative estimate of drug-likeness (QED) is 0.0165. The molecule has 83 heavy (non-hydrogen) atoms. The number of carboxylic acids is 3. The molecule has 0 aromatic heterocycles. The molecule has 0 fully saturated rings. The van der Waals surface area contributed by atoms with Crippen LogP contribution in [0.2, 0.25) is 0 Å². The van der Waals surface area contributed by atoms with Crippen LogP contribution in [-0.2, 0) is 68.7 Å². The Kier molecular flexibility index (Phi) is 32.7. The second-order valence-corrected chi connectivity index (χ2v) is 20.0. The van der Waals surface area contributed by atoms with Gasteiger partial charge in [0.25, 0.3) is 0 Å². The third-order valence-corrected chi connectivity index (χ3v) is 12.7. The average molecular weight is 1180 g/mol. The molecule has 11 atom stereocenters. The number of nitrogens with two attached hydrogens (primary N) is 5. The molecule has 1 aromatic carbocycles. The van der Waals surface area contributed by atoms with Gasteiger partial charge in [-0.25, -0.2) is 4.79 Å². The van der Waals surface area contributed by atoms with Gasteiger partial charge in [0, 0.05) is 19.4 Å². The molecule has 0 bridgehead atoms. The molecule has 0 spiro atoms. The van der Waals surface area contributed by atoms with E-state index < -0.39 is 182 Å². The lowest BCUT2D eigenvalue weighted by Gasteiger charge is -2.29. The standard InChI is InChI=1S/C51H83N15O17/c1-6-26(4)40(64-36(69)24-58-47(79)41(27(5)67)66-46(78)33(23-38(72)73)61-42(74)29(53)15-10-11-19-52)49(81)60-31(17-18-35(54)68)44(76)65-39(25(2)3)48(80)62-32(22-37(70)71)45(77)59-30(16-12-20-57-51(55)56)43(75)63-34(50(82)83)21-28-13-8-7-9-14-28/h7-9,13-14,25-27,29-34,39-41,67H,6,10-12,15-24,52-53H2,1-5H3,(H2,54,68)(H,58,79)(H,59,77)(H,60,81)(H,61,74)(H,62,80)(H,63,75)(H,64,69)(H,65,76)(H,66,78)(H,70,71)(H,72,73)(H,82,83)(H4,55,56,57)/t26-,27+,29-,30-,31-,32-,33-,34-,39-,40-,41-/m0/s1. The van der Waals surface area contributed by atoms with E-state index in [1.165, 1.54) is 13.8 Å². The maximum Gasteiger partial charge on any atom is 0.326 e. The monoisotopic (exact) mass is 1180 g/mol. The van der Waals surface area contributed by atoms with Crippen molar-refractivity contribution >= 4 is 82.9 Å². The number of amides is 10.